The van der Waals surface area contributed by atoms with Gasteiger partial charge in [0.25, 0.3) is 0 Å². The average Bonchev–Trinajstić information content (AvgIpc) is 2.62. The van der Waals surface area contributed by atoms with Gasteiger partial charge in [-0.05, 0) is 19.9 Å². The van der Waals surface area contributed by atoms with Crippen LogP contribution in [-0.4, -0.2) is 25.7 Å². The van der Waals surface area contributed by atoms with E-state index >= 15 is 0 Å². The highest BCUT2D eigenvalue weighted by molar-refractivity contribution is 6.31. The summed E-state index contributed by atoms with van der Waals surface area (Å²) in [7, 11) is 0. The van der Waals surface area contributed by atoms with Crippen molar-refractivity contribution in [1.82, 2.24) is 19.7 Å². The molecule has 18 heavy (non-hydrogen) atoms. The van der Waals surface area contributed by atoms with Crippen molar-refractivity contribution in [3.63, 3.8) is 0 Å². The Labute approximate surface area is 108 Å². The van der Waals surface area contributed by atoms with Crippen LogP contribution in [0.15, 0.2) is 6.07 Å². The lowest BCUT2D eigenvalue weighted by Crippen LogP contribution is -2.20. The van der Waals surface area contributed by atoms with E-state index in [2.05, 4.69) is 15.1 Å². The second-order valence-corrected chi connectivity index (χ2v) is 4.14. The SMILES string of the molecule is Cc1cc(C)n(C(=O)c2nc(Cl)c(N)nc2N)n1. The zero-order valence-electron chi connectivity index (χ0n) is 9.81. The zero-order valence-corrected chi connectivity index (χ0v) is 10.6. The number of carbonyl (C=O) groups is 1. The highest BCUT2D eigenvalue weighted by Crippen LogP contribution is 2.18. The minimum Gasteiger partial charge on any atom is -0.382 e. The van der Waals surface area contributed by atoms with Gasteiger partial charge in [0.2, 0.25) is 0 Å². The number of nitrogens with zero attached hydrogens (tertiary/aromatic N) is 4. The molecule has 0 saturated carbocycles. The smallest absolute Gasteiger partial charge is 0.300 e. The van der Waals surface area contributed by atoms with E-state index in [0.717, 1.165) is 0 Å². The minimum atomic E-state index is -0.493. The van der Waals surface area contributed by atoms with Crippen LogP contribution < -0.4 is 11.5 Å². The number of aryl methyl sites for hydroxylation is 2. The predicted octanol–water partition coefficient (Wildman–Crippen LogP) is 0.796. The molecule has 2 rings (SSSR count). The van der Waals surface area contributed by atoms with Crippen molar-refractivity contribution < 1.29 is 4.79 Å². The summed E-state index contributed by atoms with van der Waals surface area (Å²) >= 11 is 5.73. The summed E-state index contributed by atoms with van der Waals surface area (Å²) in [6, 6.07) is 1.76. The first-order chi connectivity index (χ1) is 8.40. The normalized spacial score (nSPS) is 10.6. The zero-order chi connectivity index (χ0) is 13.4. The first-order valence-electron chi connectivity index (χ1n) is 5.06. The molecular formula is C10H11ClN6O. The molecule has 94 valence electrons. The number of aromatic nitrogens is 4. The third kappa shape index (κ3) is 2.00. The van der Waals surface area contributed by atoms with Gasteiger partial charge >= 0.3 is 5.91 Å². The van der Waals surface area contributed by atoms with Gasteiger partial charge in [-0.1, -0.05) is 11.6 Å². The van der Waals surface area contributed by atoms with Crippen molar-refractivity contribution in [1.29, 1.82) is 0 Å². The largest absolute Gasteiger partial charge is 0.382 e. The Bertz CT molecular complexity index is 636. The first-order valence-corrected chi connectivity index (χ1v) is 5.44. The van der Waals surface area contributed by atoms with Crippen LogP contribution in [0.5, 0.6) is 0 Å². The maximum atomic E-state index is 12.2. The predicted molar refractivity (Wildman–Crippen MR) is 67.3 cm³/mol. The number of nitrogens with two attached hydrogens (primary N) is 2. The van der Waals surface area contributed by atoms with Gasteiger partial charge in [0, 0.05) is 5.69 Å². The van der Waals surface area contributed by atoms with Crippen molar-refractivity contribution in [3.05, 3.63) is 28.3 Å². The maximum Gasteiger partial charge on any atom is 0.300 e. The summed E-state index contributed by atoms with van der Waals surface area (Å²) in [6.07, 6.45) is 0. The molecule has 0 bridgehead atoms. The molecule has 0 atom stereocenters. The molecule has 0 aliphatic rings. The lowest BCUT2D eigenvalue weighted by molar-refractivity contribution is 0.0938. The molecule has 0 fully saturated rings. The van der Waals surface area contributed by atoms with E-state index in [1.54, 1.807) is 19.9 Å². The van der Waals surface area contributed by atoms with Gasteiger partial charge in [0.1, 0.15) is 0 Å². The highest BCUT2D eigenvalue weighted by Gasteiger charge is 2.19. The van der Waals surface area contributed by atoms with Crippen molar-refractivity contribution >= 4 is 29.1 Å². The number of carbonyl (C=O) groups excluding carboxylic acids is 1. The van der Waals surface area contributed by atoms with Crippen molar-refractivity contribution in [2.45, 2.75) is 13.8 Å². The Kier molecular flexibility index (Phi) is 2.92. The summed E-state index contributed by atoms with van der Waals surface area (Å²) in [5, 5.41) is 3.99. The van der Waals surface area contributed by atoms with Gasteiger partial charge in [0.15, 0.2) is 22.5 Å². The van der Waals surface area contributed by atoms with Crippen LogP contribution >= 0.6 is 11.6 Å². The number of hydrogen-bond donors (Lipinski definition) is 2. The molecule has 0 spiro atoms. The summed E-state index contributed by atoms with van der Waals surface area (Å²) in [5.41, 5.74) is 12.4. The topological polar surface area (TPSA) is 113 Å². The quantitative estimate of drug-likeness (QED) is 0.789. The Morgan fingerprint density at radius 3 is 2.50 bits per heavy atom. The molecule has 2 aromatic heterocycles. The van der Waals surface area contributed by atoms with E-state index < -0.39 is 5.91 Å². The lowest BCUT2D eigenvalue weighted by atomic mass is 10.3. The highest BCUT2D eigenvalue weighted by atomic mass is 35.5. The van der Waals surface area contributed by atoms with Gasteiger partial charge < -0.3 is 11.5 Å². The molecule has 2 heterocycles. The third-order valence-corrected chi connectivity index (χ3v) is 2.59. The number of rotatable bonds is 1. The molecule has 2 aromatic rings. The molecule has 4 N–H and O–H groups in total. The Morgan fingerprint density at radius 1 is 1.28 bits per heavy atom. The standard InChI is InChI=1S/C10H11ClN6O/c1-4-3-5(2)17(16-4)10(18)6-8(12)15-9(13)7(11)14-6/h3H,1-2H3,(H4,12,13,15). The second-order valence-electron chi connectivity index (χ2n) is 3.78. The van der Waals surface area contributed by atoms with Gasteiger partial charge in [0.05, 0.1) is 5.69 Å². The fraction of sp³-hybridized carbons (Fsp3) is 0.200. The van der Waals surface area contributed by atoms with Crippen LogP contribution in [-0.2, 0) is 0 Å². The molecular weight excluding hydrogens is 256 g/mol. The molecule has 0 aliphatic carbocycles. The van der Waals surface area contributed by atoms with E-state index in [-0.39, 0.29) is 22.5 Å². The third-order valence-electron chi connectivity index (χ3n) is 2.31. The van der Waals surface area contributed by atoms with Gasteiger partial charge in [-0.15, -0.1) is 0 Å². The molecule has 7 nitrogen and oxygen atoms in total. The van der Waals surface area contributed by atoms with Gasteiger partial charge in [-0.3, -0.25) is 4.79 Å². The van der Waals surface area contributed by atoms with Crippen LogP contribution in [0.1, 0.15) is 21.9 Å². The van der Waals surface area contributed by atoms with E-state index in [1.807, 2.05) is 0 Å². The average molecular weight is 267 g/mol. The van der Waals surface area contributed by atoms with Crippen molar-refractivity contribution in [3.8, 4) is 0 Å². The van der Waals surface area contributed by atoms with Crippen LogP contribution in [0, 0.1) is 13.8 Å². The maximum absolute atomic E-state index is 12.2. The van der Waals surface area contributed by atoms with E-state index in [9.17, 15) is 4.79 Å². The number of halogens is 1. The molecule has 0 saturated heterocycles. The lowest BCUT2D eigenvalue weighted by Gasteiger charge is -2.06. The summed E-state index contributed by atoms with van der Waals surface area (Å²) < 4.78 is 1.20. The number of anilines is 2. The van der Waals surface area contributed by atoms with Gasteiger partial charge in [-0.25, -0.2) is 9.97 Å². The molecule has 0 aliphatic heterocycles. The van der Waals surface area contributed by atoms with Crippen molar-refractivity contribution in [2.24, 2.45) is 0 Å². The van der Waals surface area contributed by atoms with E-state index in [0.29, 0.717) is 11.4 Å². The summed E-state index contributed by atoms with van der Waals surface area (Å²) in [4.78, 5) is 19.8. The fourth-order valence-electron chi connectivity index (χ4n) is 1.53. The van der Waals surface area contributed by atoms with Gasteiger partial charge in [-0.2, -0.15) is 9.78 Å². The molecule has 8 heteroatoms. The Hall–Kier alpha value is -2.15. The van der Waals surface area contributed by atoms with Crippen LogP contribution in [0.2, 0.25) is 5.15 Å². The minimum absolute atomic E-state index is 0.0147. The first kappa shape index (κ1) is 12.3. The van der Waals surface area contributed by atoms with Crippen LogP contribution in [0.3, 0.4) is 0 Å². The number of nitrogen functional groups attached to an aromatic ring is 2. The van der Waals surface area contributed by atoms with E-state index in [4.69, 9.17) is 23.1 Å². The second kappa shape index (κ2) is 4.26. The Balaban J connectivity index is 2.53. The molecule has 0 unspecified atom stereocenters. The van der Waals surface area contributed by atoms with Crippen LogP contribution in [0.25, 0.3) is 0 Å². The van der Waals surface area contributed by atoms with Crippen molar-refractivity contribution in [2.75, 3.05) is 11.5 Å². The molecule has 0 radical (unpaired) electrons. The summed E-state index contributed by atoms with van der Waals surface area (Å²) in [6.45, 7) is 3.53. The Morgan fingerprint density at radius 2 is 1.94 bits per heavy atom. The molecule has 0 amide bonds. The summed E-state index contributed by atoms with van der Waals surface area (Å²) in [5.74, 6) is -0.582. The monoisotopic (exact) mass is 266 g/mol. The van der Waals surface area contributed by atoms with E-state index in [1.165, 1.54) is 4.68 Å². The fourth-order valence-corrected chi connectivity index (χ4v) is 1.66. The number of hydrogen-bond acceptors (Lipinski definition) is 6. The molecule has 0 aromatic carbocycles. The van der Waals surface area contributed by atoms with Crippen LogP contribution in [0.4, 0.5) is 11.6 Å².